The zero-order valence-corrected chi connectivity index (χ0v) is 12.8. The first-order valence-corrected chi connectivity index (χ1v) is 7.79. The number of amides is 1. The molecule has 20 heavy (non-hydrogen) atoms. The van der Waals surface area contributed by atoms with Crippen LogP contribution in [0.2, 0.25) is 0 Å². The molecule has 0 radical (unpaired) electrons. The number of aliphatic hydroxyl groups is 2. The fourth-order valence-electron chi connectivity index (χ4n) is 2.81. The van der Waals surface area contributed by atoms with Crippen molar-refractivity contribution in [3.63, 3.8) is 0 Å². The Hall–Kier alpha value is -0.650. The predicted octanol–water partition coefficient (Wildman–Crippen LogP) is 0.604. The lowest BCUT2D eigenvalue weighted by atomic mass is 9.91. The summed E-state index contributed by atoms with van der Waals surface area (Å²) in [5.41, 5.74) is 0. The van der Waals surface area contributed by atoms with Gasteiger partial charge in [0.15, 0.2) is 0 Å². The molecule has 5 nitrogen and oxygen atoms in total. The molecule has 0 aromatic carbocycles. The number of nitrogens with zero attached hydrogens (tertiary/aromatic N) is 1. The van der Waals surface area contributed by atoms with Gasteiger partial charge >= 0.3 is 0 Å². The third kappa shape index (κ3) is 6.20. The van der Waals surface area contributed by atoms with Crippen LogP contribution in [0.1, 0.15) is 39.5 Å². The van der Waals surface area contributed by atoms with E-state index >= 15 is 0 Å². The molecule has 1 rings (SSSR count). The van der Waals surface area contributed by atoms with E-state index in [-0.39, 0.29) is 25.2 Å². The Morgan fingerprint density at radius 2 is 2.05 bits per heavy atom. The first kappa shape index (κ1) is 17.4. The lowest BCUT2D eigenvalue weighted by molar-refractivity contribution is -0.134. The summed E-state index contributed by atoms with van der Waals surface area (Å²) in [6.07, 6.45) is 3.08. The quantitative estimate of drug-likeness (QED) is 0.572. The molecule has 1 aliphatic heterocycles. The van der Waals surface area contributed by atoms with Crippen molar-refractivity contribution < 1.29 is 15.0 Å². The SMILES string of the molecule is CC(C)CC(=O)N1CC(CCO)CC(NCCCO)C1. The van der Waals surface area contributed by atoms with Gasteiger partial charge < -0.3 is 20.4 Å². The van der Waals surface area contributed by atoms with Gasteiger partial charge in [-0.2, -0.15) is 0 Å². The van der Waals surface area contributed by atoms with Crippen molar-refractivity contribution in [1.29, 1.82) is 0 Å². The molecule has 1 fully saturated rings. The molecule has 2 unspecified atom stereocenters. The van der Waals surface area contributed by atoms with Gasteiger partial charge in [-0.1, -0.05) is 13.8 Å². The molecular formula is C15H30N2O3. The van der Waals surface area contributed by atoms with Crippen LogP contribution in [0.4, 0.5) is 0 Å². The Morgan fingerprint density at radius 1 is 1.30 bits per heavy atom. The standard InChI is InChI=1S/C15H30N2O3/c1-12(2)8-15(20)17-10-13(4-7-19)9-14(11-17)16-5-3-6-18/h12-14,16,18-19H,3-11H2,1-2H3. The molecule has 118 valence electrons. The van der Waals surface area contributed by atoms with Crippen LogP contribution in [0, 0.1) is 11.8 Å². The lowest BCUT2D eigenvalue weighted by Crippen LogP contribution is -2.51. The van der Waals surface area contributed by atoms with Crippen LogP contribution >= 0.6 is 0 Å². The topological polar surface area (TPSA) is 72.8 Å². The number of likely N-dealkylation sites (tertiary alicyclic amines) is 1. The maximum absolute atomic E-state index is 12.2. The second-order valence-electron chi connectivity index (χ2n) is 6.24. The average molecular weight is 286 g/mol. The van der Waals surface area contributed by atoms with Crippen LogP contribution in [0.5, 0.6) is 0 Å². The molecule has 2 atom stereocenters. The van der Waals surface area contributed by atoms with Crippen molar-refractivity contribution >= 4 is 5.91 Å². The van der Waals surface area contributed by atoms with Crippen molar-refractivity contribution in [2.75, 3.05) is 32.8 Å². The molecule has 0 aromatic heterocycles. The van der Waals surface area contributed by atoms with Crippen LogP contribution in [-0.4, -0.2) is 59.9 Å². The summed E-state index contributed by atoms with van der Waals surface area (Å²) >= 11 is 0. The fraction of sp³-hybridized carbons (Fsp3) is 0.933. The molecule has 1 saturated heterocycles. The van der Waals surface area contributed by atoms with Gasteiger partial charge in [-0.15, -0.1) is 0 Å². The van der Waals surface area contributed by atoms with E-state index in [4.69, 9.17) is 10.2 Å². The molecule has 0 saturated carbocycles. The first-order valence-electron chi connectivity index (χ1n) is 7.79. The molecule has 1 aliphatic rings. The van der Waals surface area contributed by atoms with Gasteiger partial charge in [0.2, 0.25) is 5.91 Å². The molecule has 1 amide bonds. The van der Waals surface area contributed by atoms with Gasteiger partial charge in [0, 0.05) is 38.8 Å². The summed E-state index contributed by atoms with van der Waals surface area (Å²) in [6.45, 7) is 6.78. The fourth-order valence-corrected chi connectivity index (χ4v) is 2.81. The van der Waals surface area contributed by atoms with E-state index in [1.54, 1.807) is 0 Å². The highest BCUT2D eigenvalue weighted by atomic mass is 16.3. The van der Waals surface area contributed by atoms with E-state index in [1.807, 2.05) is 4.90 Å². The van der Waals surface area contributed by atoms with Gasteiger partial charge in [-0.3, -0.25) is 4.79 Å². The predicted molar refractivity (Wildman–Crippen MR) is 79.3 cm³/mol. The van der Waals surface area contributed by atoms with Crippen LogP contribution in [0.15, 0.2) is 0 Å². The number of hydrogen-bond donors (Lipinski definition) is 3. The second kappa shape index (κ2) is 9.32. The van der Waals surface area contributed by atoms with Crippen LogP contribution < -0.4 is 5.32 Å². The summed E-state index contributed by atoms with van der Waals surface area (Å²) in [5, 5.41) is 21.4. The Kier molecular flexibility index (Phi) is 8.11. The number of nitrogens with one attached hydrogen (secondary N) is 1. The maximum Gasteiger partial charge on any atom is 0.222 e. The summed E-state index contributed by atoms with van der Waals surface area (Å²) in [5.74, 6) is 0.967. The van der Waals surface area contributed by atoms with Crippen molar-refractivity contribution in [2.24, 2.45) is 11.8 Å². The van der Waals surface area contributed by atoms with Gasteiger partial charge in [0.1, 0.15) is 0 Å². The highest BCUT2D eigenvalue weighted by molar-refractivity contribution is 5.76. The maximum atomic E-state index is 12.2. The molecule has 1 heterocycles. The van der Waals surface area contributed by atoms with Crippen molar-refractivity contribution in [2.45, 2.75) is 45.6 Å². The third-order valence-electron chi connectivity index (χ3n) is 3.78. The zero-order valence-electron chi connectivity index (χ0n) is 12.8. The Bertz CT molecular complexity index is 284. The summed E-state index contributed by atoms with van der Waals surface area (Å²) in [6, 6.07) is 0.281. The van der Waals surface area contributed by atoms with Crippen molar-refractivity contribution in [3.8, 4) is 0 Å². The molecular weight excluding hydrogens is 256 g/mol. The minimum Gasteiger partial charge on any atom is -0.396 e. The number of piperidine rings is 1. The van der Waals surface area contributed by atoms with Crippen molar-refractivity contribution in [3.05, 3.63) is 0 Å². The molecule has 5 heteroatoms. The minimum absolute atomic E-state index is 0.181. The summed E-state index contributed by atoms with van der Waals surface area (Å²) in [7, 11) is 0. The molecule has 0 bridgehead atoms. The molecule has 0 aromatic rings. The number of aliphatic hydroxyl groups excluding tert-OH is 2. The van der Waals surface area contributed by atoms with Crippen LogP contribution in [0.25, 0.3) is 0 Å². The number of hydrogen-bond acceptors (Lipinski definition) is 4. The van der Waals surface area contributed by atoms with E-state index in [9.17, 15) is 4.79 Å². The highest BCUT2D eigenvalue weighted by Gasteiger charge is 2.29. The zero-order chi connectivity index (χ0) is 15.0. The van der Waals surface area contributed by atoms with E-state index in [2.05, 4.69) is 19.2 Å². The number of carbonyl (C=O) groups is 1. The second-order valence-corrected chi connectivity index (χ2v) is 6.24. The third-order valence-corrected chi connectivity index (χ3v) is 3.78. The molecule has 3 N–H and O–H groups in total. The monoisotopic (exact) mass is 286 g/mol. The summed E-state index contributed by atoms with van der Waals surface area (Å²) in [4.78, 5) is 14.2. The van der Waals surface area contributed by atoms with Crippen molar-refractivity contribution in [1.82, 2.24) is 10.2 Å². The van der Waals surface area contributed by atoms with Gasteiger partial charge in [-0.05, 0) is 37.6 Å². The number of rotatable bonds is 8. The first-order chi connectivity index (χ1) is 9.56. The van der Waals surface area contributed by atoms with E-state index < -0.39 is 0 Å². The van der Waals surface area contributed by atoms with Gasteiger partial charge in [0.25, 0.3) is 0 Å². The van der Waals surface area contributed by atoms with Crippen LogP contribution in [0.3, 0.4) is 0 Å². The van der Waals surface area contributed by atoms with E-state index in [0.717, 1.165) is 38.9 Å². The van der Waals surface area contributed by atoms with Gasteiger partial charge in [-0.25, -0.2) is 0 Å². The Morgan fingerprint density at radius 3 is 2.65 bits per heavy atom. The largest absolute Gasteiger partial charge is 0.396 e. The van der Waals surface area contributed by atoms with Gasteiger partial charge in [0.05, 0.1) is 0 Å². The summed E-state index contributed by atoms with van der Waals surface area (Å²) < 4.78 is 0. The normalized spacial score (nSPS) is 23.4. The molecule has 0 aliphatic carbocycles. The highest BCUT2D eigenvalue weighted by Crippen LogP contribution is 2.21. The van der Waals surface area contributed by atoms with E-state index in [0.29, 0.717) is 18.3 Å². The number of carbonyl (C=O) groups excluding carboxylic acids is 1. The molecule has 0 spiro atoms. The smallest absolute Gasteiger partial charge is 0.222 e. The van der Waals surface area contributed by atoms with E-state index in [1.165, 1.54) is 0 Å². The average Bonchev–Trinajstić information content (AvgIpc) is 2.38. The Balaban J connectivity index is 2.53. The Labute approximate surface area is 122 Å². The minimum atomic E-state index is 0.181. The van der Waals surface area contributed by atoms with Crippen LogP contribution in [-0.2, 0) is 4.79 Å². The lowest BCUT2D eigenvalue weighted by Gasteiger charge is -2.38.